The topological polar surface area (TPSA) is 41.1 Å². The SMILES string of the molecule is CNCCNC(=O)C1CC1C1CCCCC1. The molecule has 2 aliphatic carbocycles. The lowest BCUT2D eigenvalue weighted by atomic mass is 9.85. The van der Waals surface area contributed by atoms with Crippen LogP contribution in [0, 0.1) is 17.8 Å². The summed E-state index contributed by atoms with van der Waals surface area (Å²) < 4.78 is 0. The van der Waals surface area contributed by atoms with E-state index in [0.29, 0.717) is 11.8 Å². The van der Waals surface area contributed by atoms with E-state index in [1.54, 1.807) is 0 Å². The van der Waals surface area contributed by atoms with E-state index in [-0.39, 0.29) is 0 Å². The summed E-state index contributed by atoms with van der Waals surface area (Å²) in [5, 5.41) is 6.06. The standard InChI is InChI=1S/C13H24N2O/c1-14-7-8-15-13(16)12-9-11(12)10-5-3-2-4-6-10/h10-12,14H,2-9H2,1H3,(H,15,16). The zero-order valence-corrected chi connectivity index (χ0v) is 10.3. The third-order valence-corrected chi connectivity index (χ3v) is 4.11. The van der Waals surface area contributed by atoms with E-state index in [0.717, 1.165) is 31.3 Å². The van der Waals surface area contributed by atoms with Gasteiger partial charge in [0, 0.05) is 19.0 Å². The number of carbonyl (C=O) groups excluding carboxylic acids is 1. The van der Waals surface area contributed by atoms with Gasteiger partial charge in [0.1, 0.15) is 0 Å². The van der Waals surface area contributed by atoms with Crippen LogP contribution < -0.4 is 10.6 Å². The van der Waals surface area contributed by atoms with E-state index < -0.39 is 0 Å². The lowest BCUT2D eigenvalue weighted by Crippen LogP contribution is -2.32. The number of rotatable bonds is 5. The van der Waals surface area contributed by atoms with Gasteiger partial charge >= 0.3 is 0 Å². The third-order valence-electron chi connectivity index (χ3n) is 4.11. The highest BCUT2D eigenvalue weighted by molar-refractivity contribution is 5.81. The number of likely N-dealkylation sites (N-methyl/N-ethyl adjacent to an activating group) is 1. The van der Waals surface area contributed by atoms with Crippen LogP contribution in [0.3, 0.4) is 0 Å². The molecule has 0 aromatic carbocycles. The van der Waals surface area contributed by atoms with Crippen LogP contribution in [-0.4, -0.2) is 26.0 Å². The number of nitrogens with one attached hydrogen (secondary N) is 2. The van der Waals surface area contributed by atoms with Crippen LogP contribution >= 0.6 is 0 Å². The lowest BCUT2D eigenvalue weighted by Gasteiger charge is -2.21. The Bertz CT molecular complexity index is 236. The second kappa shape index (κ2) is 5.67. The van der Waals surface area contributed by atoms with Gasteiger partial charge in [-0.25, -0.2) is 0 Å². The van der Waals surface area contributed by atoms with Crippen LogP contribution in [0.25, 0.3) is 0 Å². The van der Waals surface area contributed by atoms with Crippen LogP contribution in [0.5, 0.6) is 0 Å². The van der Waals surface area contributed by atoms with Gasteiger partial charge in [-0.3, -0.25) is 4.79 Å². The number of hydrogen-bond acceptors (Lipinski definition) is 2. The van der Waals surface area contributed by atoms with E-state index in [9.17, 15) is 4.79 Å². The Balaban J connectivity index is 1.67. The Kier molecular flexibility index (Phi) is 4.22. The van der Waals surface area contributed by atoms with E-state index in [1.807, 2.05) is 7.05 Å². The molecule has 2 aliphatic rings. The van der Waals surface area contributed by atoms with Gasteiger partial charge in [-0.1, -0.05) is 32.1 Å². The van der Waals surface area contributed by atoms with Crippen molar-refractivity contribution >= 4 is 5.91 Å². The first-order valence-electron chi connectivity index (χ1n) is 6.75. The second-order valence-electron chi connectivity index (χ2n) is 5.30. The normalized spacial score (nSPS) is 30.1. The average Bonchev–Trinajstić information content (AvgIpc) is 3.10. The average molecular weight is 224 g/mol. The molecule has 0 saturated heterocycles. The monoisotopic (exact) mass is 224 g/mol. The molecule has 92 valence electrons. The minimum Gasteiger partial charge on any atom is -0.355 e. The van der Waals surface area contributed by atoms with Gasteiger partial charge in [0.15, 0.2) is 0 Å². The van der Waals surface area contributed by atoms with Crippen molar-refractivity contribution < 1.29 is 4.79 Å². The molecular weight excluding hydrogens is 200 g/mol. The molecule has 0 heterocycles. The molecule has 1 amide bonds. The third kappa shape index (κ3) is 2.97. The van der Waals surface area contributed by atoms with Gasteiger partial charge in [0.2, 0.25) is 5.91 Å². The highest BCUT2D eigenvalue weighted by Gasteiger charge is 2.47. The van der Waals surface area contributed by atoms with Crippen molar-refractivity contribution in [3.05, 3.63) is 0 Å². The van der Waals surface area contributed by atoms with E-state index in [1.165, 1.54) is 32.1 Å². The first kappa shape index (κ1) is 11.9. The number of carbonyl (C=O) groups is 1. The molecule has 3 nitrogen and oxygen atoms in total. The van der Waals surface area contributed by atoms with Crippen molar-refractivity contribution in [2.24, 2.45) is 17.8 Å². The first-order valence-corrected chi connectivity index (χ1v) is 6.75. The van der Waals surface area contributed by atoms with E-state index in [4.69, 9.17) is 0 Å². The van der Waals surface area contributed by atoms with Gasteiger partial charge in [0.05, 0.1) is 0 Å². The van der Waals surface area contributed by atoms with Crippen molar-refractivity contribution in [2.45, 2.75) is 38.5 Å². The highest BCUT2D eigenvalue weighted by atomic mass is 16.2. The number of hydrogen-bond donors (Lipinski definition) is 2. The summed E-state index contributed by atoms with van der Waals surface area (Å²) in [6.07, 6.45) is 8.05. The lowest BCUT2D eigenvalue weighted by molar-refractivity contribution is -0.122. The molecule has 0 bridgehead atoms. The van der Waals surface area contributed by atoms with Gasteiger partial charge in [-0.2, -0.15) is 0 Å². The summed E-state index contributed by atoms with van der Waals surface area (Å²) in [7, 11) is 1.91. The highest BCUT2D eigenvalue weighted by Crippen LogP contribution is 2.49. The molecule has 2 atom stereocenters. The zero-order valence-electron chi connectivity index (χ0n) is 10.3. The first-order chi connectivity index (χ1) is 7.83. The molecule has 0 radical (unpaired) electrons. The molecule has 3 heteroatoms. The smallest absolute Gasteiger partial charge is 0.223 e. The van der Waals surface area contributed by atoms with Crippen molar-refractivity contribution in [3.63, 3.8) is 0 Å². The Morgan fingerprint density at radius 2 is 1.94 bits per heavy atom. The summed E-state index contributed by atoms with van der Waals surface area (Å²) in [4.78, 5) is 11.8. The van der Waals surface area contributed by atoms with Gasteiger partial charge in [0.25, 0.3) is 0 Å². The predicted molar refractivity (Wildman–Crippen MR) is 65.1 cm³/mol. The second-order valence-corrected chi connectivity index (χ2v) is 5.30. The summed E-state index contributed by atoms with van der Waals surface area (Å²) in [5.74, 6) is 2.22. The fourth-order valence-corrected chi connectivity index (χ4v) is 3.04. The Hall–Kier alpha value is -0.570. The zero-order chi connectivity index (χ0) is 11.4. The molecule has 2 N–H and O–H groups in total. The summed E-state index contributed by atoms with van der Waals surface area (Å²) in [6, 6.07) is 0. The minimum atomic E-state index is 0.297. The maximum Gasteiger partial charge on any atom is 0.223 e. The molecular formula is C13H24N2O. The van der Waals surface area contributed by atoms with Crippen molar-refractivity contribution in [1.82, 2.24) is 10.6 Å². The van der Waals surface area contributed by atoms with Crippen LogP contribution in [0.15, 0.2) is 0 Å². The molecule has 0 spiro atoms. The van der Waals surface area contributed by atoms with Crippen LogP contribution in [-0.2, 0) is 4.79 Å². The fraction of sp³-hybridized carbons (Fsp3) is 0.923. The van der Waals surface area contributed by atoms with Gasteiger partial charge in [-0.05, 0) is 25.3 Å². The van der Waals surface area contributed by atoms with Gasteiger partial charge in [-0.15, -0.1) is 0 Å². The van der Waals surface area contributed by atoms with Crippen LogP contribution in [0.1, 0.15) is 38.5 Å². The summed E-state index contributed by atoms with van der Waals surface area (Å²) in [6.45, 7) is 1.63. The Morgan fingerprint density at radius 3 is 2.62 bits per heavy atom. The molecule has 0 aromatic heterocycles. The van der Waals surface area contributed by atoms with E-state index in [2.05, 4.69) is 10.6 Å². The molecule has 0 aromatic rings. The predicted octanol–water partition coefficient (Wildman–Crippen LogP) is 1.54. The van der Waals surface area contributed by atoms with Crippen LogP contribution in [0.2, 0.25) is 0 Å². The van der Waals surface area contributed by atoms with Crippen molar-refractivity contribution in [2.75, 3.05) is 20.1 Å². The quantitative estimate of drug-likeness (QED) is 0.696. The number of amides is 1. The molecule has 2 saturated carbocycles. The van der Waals surface area contributed by atoms with Crippen LogP contribution in [0.4, 0.5) is 0 Å². The Labute approximate surface area is 98.4 Å². The summed E-state index contributed by atoms with van der Waals surface area (Å²) >= 11 is 0. The Morgan fingerprint density at radius 1 is 1.19 bits per heavy atom. The summed E-state index contributed by atoms with van der Waals surface area (Å²) in [5.41, 5.74) is 0. The minimum absolute atomic E-state index is 0.297. The van der Waals surface area contributed by atoms with Gasteiger partial charge < -0.3 is 10.6 Å². The van der Waals surface area contributed by atoms with Crippen molar-refractivity contribution in [1.29, 1.82) is 0 Å². The van der Waals surface area contributed by atoms with E-state index >= 15 is 0 Å². The molecule has 2 fully saturated rings. The molecule has 0 aliphatic heterocycles. The largest absolute Gasteiger partial charge is 0.355 e. The molecule has 2 unspecified atom stereocenters. The molecule has 2 rings (SSSR count). The van der Waals surface area contributed by atoms with Crippen molar-refractivity contribution in [3.8, 4) is 0 Å². The fourth-order valence-electron chi connectivity index (χ4n) is 3.04. The maximum atomic E-state index is 11.8. The maximum absolute atomic E-state index is 11.8. The molecule has 16 heavy (non-hydrogen) atoms.